The maximum Gasteiger partial charge on any atom is 0.0595 e. The molecule has 0 amide bonds. The van der Waals surface area contributed by atoms with Gasteiger partial charge in [0.25, 0.3) is 0 Å². The van der Waals surface area contributed by atoms with Crippen LogP contribution in [0.4, 0.5) is 0 Å². The van der Waals surface area contributed by atoms with E-state index in [1.165, 1.54) is 11.1 Å². The summed E-state index contributed by atoms with van der Waals surface area (Å²) < 4.78 is 0. The summed E-state index contributed by atoms with van der Waals surface area (Å²) in [6, 6.07) is 14.0. The van der Waals surface area contributed by atoms with Gasteiger partial charge in [-0.15, -0.1) is 0 Å². The van der Waals surface area contributed by atoms with Gasteiger partial charge in [-0.3, -0.25) is 11.3 Å². The van der Waals surface area contributed by atoms with Gasteiger partial charge in [-0.05, 0) is 36.6 Å². The van der Waals surface area contributed by atoms with Crippen molar-refractivity contribution in [2.45, 2.75) is 19.4 Å². The zero-order valence-corrected chi connectivity index (χ0v) is 12.2. The molecule has 3 N–H and O–H groups in total. The van der Waals surface area contributed by atoms with E-state index in [-0.39, 0.29) is 6.04 Å². The Morgan fingerprint density at radius 2 is 1.89 bits per heavy atom. The number of hydrazine groups is 1. The third-order valence-corrected chi connectivity index (χ3v) is 3.81. The lowest BCUT2D eigenvalue weighted by molar-refractivity contribution is 0.552. The molecule has 0 aromatic heterocycles. The molecule has 0 spiro atoms. The number of nitrogens with one attached hydrogen (secondary N) is 1. The van der Waals surface area contributed by atoms with Crippen molar-refractivity contribution in [3.05, 3.63) is 69.2 Å². The number of aryl methyl sites for hydroxylation is 1. The molecule has 0 bridgehead atoms. The molecule has 100 valence electrons. The topological polar surface area (TPSA) is 38.0 Å². The molecular formula is C15H16Cl2N2. The summed E-state index contributed by atoms with van der Waals surface area (Å²) in [5, 5.41) is 1.10. The Morgan fingerprint density at radius 1 is 1.11 bits per heavy atom. The second-order valence-corrected chi connectivity index (χ2v) is 5.40. The Balaban J connectivity index is 2.22. The third-order valence-electron chi connectivity index (χ3n) is 3.07. The minimum absolute atomic E-state index is 0.0107. The van der Waals surface area contributed by atoms with Crippen molar-refractivity contribution in [1.82, 2.24) is 5.43 Å². The van der Waals surface area contributed by atoms with Crippen LogP contribution < -0.4 is 11.3 Å². The first-order valence-corrected chi connectivity index (χ1v) is 6.82. The first-order valence-electron chi connectivity index (χ1n) is 6.07. The second-order valence-electron chi connectivity index (χ2n) is 4.59. The molecule has 1 atom stereocenters. The van der Waals surface area contributed by atoms with Gasteiger partial charge in [0.2, 0.25) is 0 Å². The van der Waals surface area contributed by atoms with E-state index in [2.05, 4.69) is 30.5 Å². The highest BCUT2D eigenvalue weighted by atomic mass is 35.5. The third kappa shape index (κ3) is 3.71. The van der Waals surface area contributed by atoms with Crippen molar-refractivity contribution in [2.75, 3.05) is 0 Å². The SMILES string of the molecule is Cc1cccc(CC(NN)c2ccc(Cl)c(Cl)c2)c1. The maximum absolute atomic E-state index is 6.04. The fourth-order valence-electron chi connectivity index (χ4n) is 2.08. The van der Waals surface area contributed by atoms with Crippen LogP contribution in [-0.4, -0.2) is 0 Å². The van der Waals surface area contributed by atoms with E-state index in [1.54, 1.807) is 6.07 Å². The van der Waals surface area contributed by atoms with Gasteiger partial charge >= 0.3 is 0 Å². The standard InChI is InChI=1S/C15H16Cl2N2/c1-10-3-2-4-11(7-10)8-15(19-18)12-5-6-13(16)14(17)9-12/h2-7,9,15,19H,8,18H2,1H3. The molecule has 0 aliphatic rings. The Bertz CT molecular complexity index is 570. The normalized spacial score (nSPS) is 12.4. The number of hydrogen-bond donors (Lipinski definition) is 2. The summed E-state index contributed by atoms with van der Waals surface area (Å²) in [7, 11) is 0. The molecule has 0 saturated carbocycles. The number of halogens is 2. The smallest absolute Gasteiger partial charge is 0.0595 e. The van der Waals surface area contributed by atoms with E-state index in [0.717, 1.165) is 12.0 Å². The summed E-state index contributed by atoms with van der Waals surface area (Å²) in [6.07, 6.45) is 0.802. The van der Waals surface area contributed by atoms with Crippen molar-refractivity contribution < 1.29 is 0 Å². The largest absolute Gasteiger partial charge is 0.271 e. The van der Waals surface area contributed by atoms with Crippen LogP contribution in [0.5, 0.6) is 0 Å². The van der Waals surface area contributed by atoms with E-state index in [1.807, 2.05) is 18.2 Å². The summed E-state index contributed by atoms with van der Waals surface area (Å²) in [5.41, 5.74) is 6.33. The molecule has 2 aromatic carbocycles. The number of rotatable bonds is 4. The fourth-order valence-corrected chi connectivity index (χ4v) is 2.38. The van der Waals surface area contributed by atoms with Crippen molar-refractivity contribution in [2.24, 2.45) is 5.84 Å². The zero-order chi connectivity index (χ0) is 13.8. The Morgan fingerprint density at radius 3 is 2.53 bits per heavy atom. The molecule has 0 fully saturated rings. The molecule has 2 nitrogen and oxygen atoms in total. The number of nitrogens with two attached hydrogens (primary N) is 1. The molecule has 0 radical (unpaired) electrons. The van der Waals surface area contributed by atoms with Gasteiger partial charge in [-0.25, -0.2) is 0 Å². The lowest BCUT2D eigenvalue weighted by atomic mass is 9.98. The van der Waals surface area contributed by atoms with E-state index >= 15 is 0 Å². The van der Waals surface area contributed by atoms with Crippen molar-refractivity contribution >= 4 is 23.2 Å². The van der Waals surface area contributed by atoms with Crippen LogP contribution in [0.3, 0.4) is 0 Å². The minimum Gasteiger partial charge on any atom is -0.271 e. The van der Waals surface area contributed by atoms with Gasteiger partial charge < -0.3 is 0 Å². The second kappa shape index (κ2) is 6.40. The Labute approximate surface area is 123 Å². The molecule has 0 aliphatic carbocycles. The summed E-state index contributed by atoms with van der Waals surface area (Å²) in [6.45, 7) is 2.08. The first-order chi connectivity index (χ1) is 9.10. The lowest BCUT2D eigenvalue weighted by Crippen LogP contribution is -2.29. The van der Waals surface area contributed by atoms with Gasteiger partial charge in [0, 0.05) is 0 Å². The molecule has 0 heterocycles. The van der Waals surface area contributed by atoms with Crippen LogP contribution in [-0.2, 0) is 6.42 Å². The van der Waals surface area contributed by atoms with Crippen LogP contribution in [0.15, 0.2) is 42.5 Å². The minimum atomic E-state index is 0.0107. The maximum atomic E-state index is 6.04. The highest BCUT2D eigenvalue weighted by molar-refractivity contribution is 6.42. The zero-order valence-electron chi connectivity index (χ0n) is 10.7. The van der Waals surface area contributed by atoms with E-state index in [4.69, 9.17) is 29.0 Å². The quantitative estimate of drug-likeness (QED) is 0.659. The van der Waals surface area contributed by atoms with Crippen molar-refractivity contribution in [1.29, 1.82) is 0 Å². The average molecular weight is 295 g/mol. The molecule has 2 rings (SSSR count). The summed E-state index contributed by atoms with van der Waals surface area (Å²) >= 11 is 12.0. The lowest BCUT2D eigenvalue weighted by Gasteiger charge is -2.17. The first kappa shape index (κ1) is 14.4. The van der Waals surface area contributed by atoms with Crippen molar-refractivity contribution in [3.63, 3.8) is 0 Å². The highest BCUT2D eigenvalue weighted by Crippen LogP contribution is 2.27. The van der Waals surface area contributed by atoms with Crippen LogP contribution in [0.2, 0.25) is 10.0 Å². The highest BCUT2D eigenvalue weighted by Gasteiger charge is 2.12. The molecule has 19 heavy (non-hydrogen) atoms. The average Bonchev–Trinajstić information content (AvgIpc) is 2.39. The van der Waals surface area contributed by atoms with E-state index in [0.29, 0.717) is 10.0 Å². The van der Waals surface area contributed by atoms with Crippen LogP contribution >= 0.6 is 23.2 Å². The molecule has 1 unspecified atom stereocenters. The van der Waals surface area contributed by atoms with Gasteiger partial charge in [-0.2, -0.15) is 0 Å². The van der Waals surface area contributed by atoms with Gasteiger partial charge in [0.05, 0.1) is 16.1 Å². The summed E-state index contributed by atoms with van der Waals surface area (Å²) in [4.78, 5) is 0. The van der Waals surface area contributed by atoms with Gasteiger partial charge in [0.15, 0.2) is 0 Å². The van der Waals surface area contributed by atoms with Crippen molar-refractivity contribution in [3.8, 4) is 0 Å². The predicted molar refractivity (Wildman–Crippen MR) is 81.4 cm³/mol. The number of hydrogen-bond acceptors (Lipinski definition) is 2. The molecule has 4 heteroatoms. The Kier molecular flexibility index (Phi) is 4.83. The predicted octanol–water partition coefficient (Wildman–Crippen LogP) is 4.05. The summed E-state index contributed by atoms with van der Waals surface area (Å²) in [5.74, 6) is 5.65. The van der Waals surface area contributed by atoms with Crippen LogP contribution in [0, 0.1) is 6.92 Å². The molecule has 0 aliphatic heterocycles. The van der Waals surface area contributed by atoms with Crippen LogP contribution in [0.1, 0.15) is 22.7 Å². The van der Waals surface area contributed by atoms with Gasteiger partial charge in [0.1, 0.15) is 0 Å². The molecular weight excluding hydrogens is 279 g/mol. The van der Waals surface area contributed by atoms with Crippen LogP contribution in [0.25, 0.3) is 0 Å². The number of benzene rings is 2. The molecule has 0 saturated heterocycles. The Hall–Kier alpha value is -1.06. The van der Waals surface area contributed by atoms with E-state index in [9.17, 15) is 0 Å². The fraction of sp³-hybridized carbons (Fsp3) is 0.200. The molecule has 2 aromatic rings. The monoisotopic (exact) mass is 294 g/mol. The van der Waals surface area contributed by atoms with Gasteiger partial charge in [-0.1, -0.05) is 59.1 Å². The van der Waals surface area contributed by atoms with E-state index < -0.39 is 0 Å².